The van der Waals surface area contributed by atoms with Gasteiger partial charge < -0.3 is 28.7 Å². The van der Waals surface area contributed by atoms with Crippen molar-refractivity contribution in [3.8, 4) is 23.0 Å². The molecule has 1 saturated heterocycles. The third-order valence-corrected chi connectivity index (χ3v) is 8.32. The van der Waals surface area contributed by atoms with E-state index in [-0.39, 0.29) is 5.91 Å². The summed E-state index contributed by atoms with van der Waals surface area (Å²) in [7, 11) is 8.58. The molecule has 0 radical (unpaired) electrons. The van der Waals surface area contributed by atoms with Gasteiger partial charge in [-0.1, -0.05) is 12.1 Å². The van der Waals surface area contributed by atoms with Gasteiger partial charge in [0.15, 0.2) is 0 Å². The van der Waals surface area contributed by atoms with Crippen LogP contribution in [0.25, 0.3) is 0 Å². The lowest BCUT2D eigenvalue weighted by atomic mass is 9.99. The molecular formula is C33H38N6O5. The van der Waals surface area contributed by atoms with Crippen LogP contribution in [0, 0.1) is 0 Å². The van der Waals surface area contributed by atoms with Crippen LogP contribution in [0.5, 0.6) is 23.0 Å². The number of nitrogens with zero attached hydrogens (tertiary/aromatic N) is 5. The summed E-state index contributed by atoms with van der Waals surface area (Å²) in [4.78, 5) is 18.4. The molecule has 3 aromatic carbocycles. The number of anilines is 2. The quantitative estimate of drug-likeness (QED) is 0.398. The topological polar surface area (TPSA) is 91.3 Å². The number of ether oxygens (including phenoxy) is 4. The monoisotopic (exact) mass is 598 g/mol. The molecule has 3 aliphatic rings. The number of likely N-dealkylation sites (N-methyl/N-ethyl adjacent to an activating group) is 1. The second kappa shape index (κ2) is 12.5. The summed E-state index contributed by atoms with van der Waals surface area (Å²) in [5, 5.41) is 8.46. The Balaban J connectivity index is 1.36. The van der Waals surface area contributed by atoms with Gasteiger partial charge in [-0.2, -0.15) is 5.10 Å². The van der Waals surface area contributed by atoms with Crippen LogP contribution in [-0.2, 0) is 11.3 Å². The fourth-order valence-corrected chi connectivity index (χ4v) is 5.76. The second-order valence-electron chi connectivity index (χ2n) is 10.9. The average Bonchev–Trinajstić information content (AvgIpc) is 3.41. The number of amides is 1. The van der Waals surface area contributed by atoms with Gasteiger partial charge in [-0.15, -0.1) is 0 Å². The number of hydrogen-bond acceptors (Lipinski definition) is 10. The van der Waals surface area contributed by atoms with Crippen molar-refractivity contribution < 1.29 is 23.7 Å². The Morgan fingerprint density at radius 2 is 1.48 bits per heavy atom. The van der Waals surface area contributed by atoms with Gasteiger partial charge in [0.2, 0.25) is 0 Å². The van der Waals surface area contributed by atoms with Crippen molar-refractivity contribution >= 4 is 23.0 Å². The van der Waals surface area contributed by atoms with Crippen LogP contribution in [0.2, 0.25) is 0 Å². The van der Waals surface area contributed by atoms with Crippen LogP contribution in [0.15, 0.2) is 77.5 Å². The molecule has 1 atom stereocenters. The van der Waals surface area contributed by atoms with E-state index in [1.165, 1.54) is 10.7 Å². The van der Waals surface area contributed by atoms with Crippen molar-refractivity contribution in [2.75, 3.05) is 71.6 Å². The molecule has 3 heterocycles. The van der Waals surface area contributed by atoms with Gasteiger partial charge in [-0.05, 0) is 43.4 Å². The smallest absolute Gasteiger partial charge is 0.267 e. The number of methoxy groups -OCH3 is 4. The van der Waals surface area contributed by atoms with Gasteiger partial charge in [-0.25, -0.2) is 10.4 Å². The highest BCUT2D eigenvalue weighted by Gasteiger charge is 2.40. The Morgan fingerprint density at radius 1 is 0.818 bits per heavy atom. The van der Waals surface area contributed by atoms with E-state index in [1.54, 1.807) is 52.7 Å². The Morgan fingerprint density at radius 3 is 2.14 bits per heavy atom. The van der Waals surface area contributed by atoms with Gasteiger partial charge in [0.1, 0.15) is 34.7 Å². The van der Waals surface area contributed by atoms with Gasteiger partial charge in [0.25, 0.3) is 5.91 Å². The second-order valence-corrected chi connectivity index (χ2v) is 10.9. The minimum Gasteiger partial charge on any atom is -0.497 e. The van der Waals surface area contributed by atoms with E-state index in [4.69, 9.17) is 24.0 Å². The maximum atomic E-state index is 13.6. The van der Waals surface area contributed by atoms with Crippen LogP contribution in [0.4, 0.5) is 11.4 Å². The van der Waals surface area contributed by atoms with Crippen molar-refractivity contribution in [1.82, 2.24) is 15.3 Å². The predicted octanol–water partition coefficient (Wildman–Crippen LogP) is 3.50. The Labute approximate surface area is 257 Å². The molecule has 11 heteroatoms. The highest BCUT2D eigenvalue weighted by Crippen LogP contribution is 2.37. The van der Waals surface area contributed by atoms with Gasteiger partial charge >= 0.3 is 0 Å². The molecule has 0 aliphatic carbocycles. The van der Waals surface area contributed by atoms with Crippen LogP contribution < -0.4 is 34.3 Å². The zero-order valence-electron chi connectivity index (χ0n) is 25.7. The van der Waals surface area contributed by atoms with Crippen molar-refractivity contribution in [3.63, 3.8) is 0 Å². The predicted molar refractivity (Wildman–Crippen MR) is 170 cm³/mol. The normalized spacial score (nSPS) is 18.5. The van der Waals surface area contributed by atoms with E-state index in [2.05, 4.69) is 46.5 Å². The number of hydrazine groups is 1. The summed E-state index contributed by atoms with van der Waals surface area (Å²) in [5.74, 6) is 2.28. The van der Waals surface area contributed by atoms with Gasteiger partial charge in [0.05, 0.1) is 46.4 Å². The van der Waals surface area contributed by atoms with Crippen LogP contribution in [-0.4, -0.2) is 89.2 Å². The first-order valence-electron chi connectivity index (χ1n) is 14.6. The maximum Gasteiger partial charge on any atom is 0.267 e. The standard InChI is InChI=1S/C33H38N6O5/c1-36-14-16-37(17-15-36)24-9-6-22(7-10-24)32-33-28(38(34-32)21-23-8-11-25(41-2)18-29(23)43-4)20-31(40)39(35-33)27-13-12-26(42-3)19-30(27)44-5/h6-13,18-20,33,35H,14-17,21H2,1-5H3. The molecule has 230 valence electrons. The lowest BCUT2D eigenvalue weighted by Crippen LogP contribution is -2.55. The van der Waals surface area contributed by atoms with E-state index in [0.717, 1.165) is 48.7 Å². The summed E-state index contributed by atoms with van der Waals surface area (Å²) >= 11 is 0. The third-order valence-electron chi connectivity index (χ3n) is 8.32. The molecule has 3 aromatic rings. The zero-order valence-corrected chi connectivity index (χ0v) is 25.7. The lowest BCUT2D eigenvalue weighted by Gasteiger charge is -2.34. The largest absolute Gasteiger partial charge is 0.497 e. The number of hydrogen-bond donors (Lipinski definition) is 1. The molecule has 1 amide bonds. The van der Waals surface area contributed by atoms with Crippen molar-refractivity contribution in [1.29, 1.82) is 0 Å². The first-order chi connectivity index (χ1) is 21.4. The minimum atomic E-state index is -0.391. The van der Waals surface area contributed by atoms with Crippen LogP contribution in [0.3, 0.4) is 0 Å². The molecule has 0 bridgehead atoms. The van der Waals surface area contributed by atoms with E-state index in [0.29, 0.717) is 35.2 Å². The third kappa shape index (κ3) is 5.63. The molecule has 3 aliphatic heterocycles. The number of piperazine rings is 1. The fourth-order valence-electron chi connectivity index (χ4n) is 5.76. The summed E-state index contributed by atoms with van der Waals surface area (Å²) in [5.41, 5.74) is 8.63. The van der Waals surface area contributed by atoms with E-state index in [1.807, 2.05) is 23.2 Å². The van der Waals surface area contributed by atoms with Gasteiger partial charge in [0, 0.05) is 61.2 Å². The number of fused-ring (bicyclic) bond motifs is 1. The van der Waals surface area contributed by atoms with Crippen LogP contribution >= 0.6 is 0 Å². The van der Waals surface area contributed by atoms with E-state index in [9.17, 15) is 4.79 Å². The first-order valence-corrected chi connectivity index (χ1v) is 14.6. The molecule has 1 unspecified atom stereocenters. The molecular weight excluding hydrogens is 560 g/mol. The fraction of sp³-hybridized carbons (Fsp3) is 0.333. The SMILES string of the molecule is COc1ccc(CN2N=C(c3ccc(N4CCN(C)CC4)cc3)C3NN(c4ccc(OC)cc4OC)C(=O)C=C32)c(OC)c1. The molecule has 11 nitrogen and oxygen atoms in total. The van der Waals surface area contributed by atoms with E-state index >= 15 is 0 Å². The van der Waals surface area contributed by atoms with Crippen molar-refractivity contribution in [2.45, 2.75) is 12.6 Å². The molecule has 0 saturated carbocycles. The minimum absolute atomic E-state index is 0.242. The highest BCUT2D eigenvalue weighted by atomic mass is 16.5. The molecule has 0 aromatic heterocycles. The number of carbonyl (C=O) groups is 1. The molecule has 0 spiro atoms. The molecule has 44 heavy (non-hydrogen) atoms. The summed E-state index contributed by atoms with van der Waals surface area (Å²) in [6, 6.07) is 19.2. The van der Waals surface area contributed by atoms with Crippen LogP contribution in [0.1, 0.15) is 11.1 Å². The summed E-state index contributed by atoms with van der Waals surface area (Å²) in [6.07, 6.45) is 1.63. The number of rotatable bonds is 9. The highest BCUT2D eigenvalue weighted by molar-refractivity contribution is 6.12. The molecule has 6 rings (SSSR count). The maximum absolute atomic E-state index is 13.6. The number of carbonyl (C=O) groups excluding carboxylic acids is 1. The molecule has 1 N–H and O–H groups in total. The summed E-state index contributed by atoms with van der Waals surface area (Å²) < 4.78 is 22.0. The Kier molecular flexibility index (Phi) is 8.32. The van der Waals surface area contributed by atoms with E-state index < -0.39 is 6.04 Å². The zero-order chi connectivity index (χ0) is 30.8. The first kappa shape index (κ1) is 29.3. The number of benzene rings is 3. The average molecular weight is 599 g/mol. The number of nitrogens with one attached hydrogen (secondary N) is 1. The summed E-state index contributed by atoms with van der Waals surface area (Å²) in [6.45, 7) is 4.46. The lowest BCUT2D eigenvalue weighted by molar-refractivity contribution is -0.115. The Bertz CT molecular complexity index is 1580. The van der Waals surface area contributed by atoms with Crippen molar-refractivity contribution in [2.24, 2.45) is 5.10 Å². The number of hydrazone groups is 1. The van der Waals surface area contributed by atoms with Gasteiger partial charge in [-0.3, -0.25) is 9.80 Å². The molecule has 1 fully saturated rings. The van der Waals surface area contributed by atoms with Crippen molar-refractivity contribution in [3.05, 3.63) is 83.6 Å². The Hall–Kier alpha value is -4.74.